The number of aromatic nitrogens is 1. The first-order valence-electron chi connectivity index (χ1n) is 6.36. The van der Waals surface area contributed by atoms with Crippen LogP contribution in [0.2, 0.25) is 0 Å². The maximum Gasteiger partial charge on any atom is 0.267 e. The quantitative estimate of drug-likeness (QED) is 0.654. The Kier molecular flexibility index (Phi) is 5.11. The fourth-order valence-electron chi connectivity index (χ4n) is 1.58. The van der Waals surface area contributed by atoms with Crippen molar-refractivity contribution in [2.75, 3.05) is 17.7 Å². The molecule has 112 valence electrons. The summed E-state index contributed by atoms with van der Waals surface area (Å²) < 4.78 is 5.04. The number of aryl methyl sites for hydroxylation is 1. The summed E-state index contributed by atoms with van der Waals surface area (Å²) in [5.74, 6) is 0.197. The van der Waals surface area contributed by atoms with Gasteiger partial charge >= 0.3 is 0 Å². The molecule has 6 nitrogen and oxygen atoms in total. The second-order valence-corrected chi connectivity index (χ2v) is 5.15. The standard InChI is InChI=1S/C15H14N4O2S/c1-10-9-22-15(18-10)17-8-11(7-16)14(20)19-12-3-5-13(21-2)6-4-12/h3-6,8-9H,1-2H3,(H,17,18)(H,19,20)/b11-8-. The van der Waals surface area contributed by atoms with Gasteiger partial charge in [-0.3, -0.25) is 4.79 Å². The monoisotopic (exact) mass is 314 g/mol. The van der Waals surface area contributed by atoms with Crippen molar-refractivity contribution in [3.8, 4) is 11.8 Å². The van der Waals surface area contributed by atoms with E-state index in [-0.39, 0.29) is 5.57 Å². The Hall–Kier alpha value is -2.85. The third-order valence-corrected chi connectivity index (χ3v) is 3.56. The predicted molar refractivity (Wildman–Crippen MR) is 85.8 cm³/mol. The van der Waals surface area contributed by atoms with Crippen LogP contribution in [-0.2, 0) is 4.79 Å². The Morgan fingerprint density at radius 1 is 1.41 bits per heavy atom. The summed E-state index contributed by atoms with van der Waals surface area (Å²) in [6.07, 6.45) is 1.34. The van der Waals surface area contributed by atoms with Crippen LogP contribution in [-0.4, -0.2) is 18.0 Å². The second kappa shape index (κ2) is 7.24. The highest BCUT2D eigenvalue weighted by Gasteiger charge is 2.09. The van der Waals surface area contributed by atoms with Crippen molar-refractivity contribution < 1.29 is 9.53 Å². The van der Waals surface area contributed by atoms with Gasteiger partial charge in [-0.25, -0.2) is 4.98 Å². The van der Waals surface area contributed by atoms with Gasteiger partial charge in [0.25, 0.3) is 5.91 Å². The molecule has 0 spiro atoms. The van der Waals surface area contributed by atoms with Gasteiger partial charge in [0.1, 0.15) is 17.4 Å². The Bertz CT molecular complexity index is 729. The molecule has 0 unspecified atom stereocenters. The Balaban J connectivity index is 2.03. The first kappa shape index (κ1) is 15.5. The first-order valence-corrected chi connectivity index (χ1v) is 7.24. The topological polar surface area (TPSA) is 87.0 Å². The highest BCUT2D eigenvalue weighted by atomic mass is 32.1. The molecular formula is C15H14N4O2S. The summed E-state index contributed by atoms with van der Waals surface area (Å²) in [5.41, 5.74) is 1.42. The minimum Gasteiger partial charge on any atom is -0.497 e. The molecule has 0 radical (unpaired) electrons. The maximum absolute atomic E-state index is 12.0. The zero-order chi connectivity index (χ0) is 15.9. The van der Waals surface area contributed by atoms with E-state index < -0.39 is 5.91 Å². The number of nitriles is 1. The van der Waals surface area contributed by atoms with Gasteiger partial charge in [0.15, 0.2) is 5.13 Å². The molecule has 0 bridgehead atoms. The van der Waals surface area contributed by atoms with E-state index in [0.717, 1.165) is 5.69 Å². The Labute approximate surface area is 132 Å². The maximum atomic E-state index is 12.0. The van der Waals surface area contributed by atoms with Crippen molar-refractivity contribution in [1.29, 1.82) is 5.26 Å². The number of carbonyl (C=O) groups is 1. The number of nitrogens with one attached hydrogen (secondary N) is 2. The molecule has 0 aliphatic heterocycles. The zero-order valence-electron chi connectivity index (χ0n) is 12.1. The van der Waals surface area contributed by atoms with E-state index in [1.165, 1.54) is 17.5 Å². The second-order valence-electron chi connectivity index (χ2n) is 4.29. The zero-order valence-corrected chi connectivity index (χ0v) is 12.9. The van der Waals surface area contributed by atoms with Crippen molar-refractivity contribution in [1.82, 2.24) is 4.98 Å². The van der Waals surface area contributed by atoms with E-state index in [4.69, 9.17) is 10.00 Å². The molecule has 7 heteroatoms. The number of hydrogen-bond acceptors (Lipinski definition) is 6. The smallest absolute Gasteiger partial charge is 0.267 e. The number of carbonyl (C=O) groups excluding carboxylic acids is 1. The fraction of sp³-hybridized carbons (Fsp3) is 0.133. The van der Waals surface area contributed by atoms with Gasteiger partial charge in [0.05, 0.1) is 12.8 Å². The number of nitrogens with zero attached hydrogens (tertiary/aromatic N) is 2. The predicted octanol–water partition coefficient (Wildman–Crippen LogP) is 2.92. The molecule has 1 amide bonds. The van der Waals surface area contributed by atoms with E-state index in [1.807, 2.05) is 18.4 Å². The number of rotatable bonds is 5. The third kappa shape index (κ3) is 4.07. The Morgan fingerprint density at radius 3 is 2.68 bits per heavy atom. The van der Waals surface area contributed by atoms with Crippen LogP contribution in [0.25, 0.3) is 0 Å². The lowest BCUT2D eigenvalue weighted by Gasteiger charge is -2.05. The van der Waals surface area contributed by atoms with Crippen LogP contribution >= 0.6 is 11.3 Å². The van der Waals surface area contributed by atoms with Gasteiger partial charge < -0.3 is 15.4 Å². The summed E-state index contributed by atoms with van der Waals surface area (Å²) >= 11 is 1.40. The molecule has 2 rings (SSSR count). The normalized spacial score (nSPS) is 10.7. The number of benzene rings is 1. The lowest BCUT2D eigenvalue weighted by Crippen LogP contribution is -2.14. The number of amides is 1. The summed E-state index contributed by atoms with van der Waals surface area (Å²) in [6, 6.07) is 8.70. The van der Waals surface area contributed by atoms with Gasteiger partial charge in [-0.15, -0.1) is 11.3 Å². The van der Waals surface area contributed by atoms with Crippen molar-refractivity contribution >= 4 is 28.1 Å². The summed E-state index contributed by atoms with van der Waals surface area (Å²) in [7, 11) is 1.57. The van der Waals surface area contributed by atoms with Crippen molar-refractivity contribution in [2.45, 2.75) is 6.92 Å². The first-order chi connectivity index (χ1) is 10.6. The number of hydrogen-bond donors (Lipinski definition) is 2. The molecule has 2 aromatic rings. The molecule has 0 aliphatic rings. The van der Waals surface area contributed by atoms with Crippen LogP contribution in [0.3, 0.4) is 0 Å². The molecule has 0 atom stereocenters. The van der Waals surface area contributed by atoms with E-state index >= 15 is 0 Å². The van der Waals surface area contributed by atoms with Crippen LogP contribution in [0, 0.1) is 18.3 Å². The average molecular weight is 314 g/mol. The minimum atomic E-state index is -0.492. The lowest BCUT2D eigenvalue weighted by atomic mass is 10.2. The number of ether oxygens (including phenoxy) is 1. The van der Waals surface area contributed by atoms with Crippen molar-refractivity contribution in [3.05, 3.63) is 47.1 Å². The Morgan fingerprint density at radius 2 is 2.14 bits per heavy atom. The lowest BCUT2D eigenvalue weighted by molar-refractivity contribution is -0.112. The van der Waals surface area contributed by atoms with Crippen LogP contribution in [0.15, 0.2) is 41.4 Å². The molecule has 0 saturated heterocycles. The molecule has 0 aliphatic carbocycles. The van der Waals surface area contributed by atoms with E-state index in [9.17, 15) is 4.79 Å². The van der Waals surface area contributed by atoms with Crippen molar-refractivity contribution in [3.63, 3.8) is 0 Å². The number of methoxy groups -OCH3 is 1. The van der Waals surface area contributed by atoms with Crippen LogP contribution < -0.4 is 15.4 Å². The van der Waals surface area contributed by atoms with E-state index in [0.29, 0.717) is 16.6 Å². The highest BCUT2D eigenvalue weighted by molar-refractivity contribution is 7.13. The fourth-order valence-corrected chi connectivity index (χ4v) is 2.23. The summed E-state index contributed by atoms with van der Waals surface area (Å²) in [5, 5.41) is 17.1. The van der Waals surface area contributed by atoms with Gasteiger partial charge in [-0.1, -0.05) is 0 Å². The molecule has 22 heavy (non-hydrogen) atoms. The van der Waals surface area contributed by atoms with Gasteiger partial charge in [0, 0.05) is 17.3 Å². The SMILES string of the molecule is COc1ccc(NC(=O)/C(C#N)=C\Nc2nc(C)cs2)cc1. The van der Waals surface area contributed by atoms with Crippen molar-refractivity contribution in [2.24, 2.45) is 0 Å². The number of anilines is 2. The molecule has 0 saturated carbocycles. The van der Waals surface area contributed by atoms with Crippen LogP contribution in [0.1, 0.15) is 5.69 Å². The molecule has 0 fully saturated rings. The molecule has 1 aromatic carbocycles. The van der Waals surface area contributed by atoms with Crippen LogP contribution in [0.5, 0.6) is 5.75 Å². The minimum absolute atomic E-state index is 0.0383. The largest absolute Gasteiger partial charge is 0.497 e. The average Bonchev–Trinajstić information content (AvgIpc) is 2.94. The van der Waals surface area contributed by atoms with E-state index in [1.54, 1.807) is 31.4 Å². The third-order valence-electron chi connectivity index (χ3n) is 2.67. The highest BCUT2D eigenvalue weighted by Crippen LogP contribution is 2.17. The number of thiazole rings is 1. The van der Waals surface area contributed by atoms with Gasteiger partial charge in [-0.05, 0) is 31.2 Å². The summed E-state index contributed by atoms with van der Waals surface area (Å²) in [6.45, 7) is 1.87. The molecule has 1 heterocycles. The summed E-state index contributed by atoms with van der Waals surface area (Å²) in [4.78, 5) is 16.2. The van der Waals surface area contributed by atoms with Gasteiger partial charge in [-0.2, -0.15) is 5.26 Å². The van der Waals surface area contributed by atoms with Gasteiger partial charge in [0.2, 0.25) is 0 Å². The molecule has 2 N–H and O–H groups in total. The van der Waals surface area contributed by atoms with Crippen LogP contribution in [0.4, 0.5) is 10.8 Å². The molecular weight excluding hydrogens is 300 g/mol. The van der Waals surface area contributed by atoms with E-state index in [2.05, 4.69) is 15.6 Å². The molecule has 1 aromatic heterocycles.